The molecule has 1 fully saturated rings. The molecule has 1 heterocycles. The predicted molar refractivity (Wildman–Crippen MR) is 75.0 cm³/mol. The first-order valence-electron chi connectivity index (χ1n) is 6.78. The van der Waals surface area contributed by atoms with Crippen LogP contribution in [0.4, 0.5) is 4.79 Å². The van der Waals surface area contributed by atoms with E-state index in [1.54, 1.807) is 0 Å². The van der Waals surface area contributed by atoms with Crippen LogP contribution in [-0.2, 0) is 11.3 Å². The monoisotopic (exact) mass is 262 g/mol. The molecule has 19 heavy (non-hydrogen) atoms. The number of ether oxygens (including phenoxy) is 1. The van der Waals surface area contributed by atoms with Gasteiger partial charge in [-0.1, -0.05) is 29.8 Å². The number of nitrogens with zero attached hydrogens (tertiary/aromatic N) is 1. The summed E-state index contributed by atoms with van der Waals surface area (Å²) in [5.41, 5.74) is 2.35. The Balaban J connectivity index is 1.85. The van der Waals surface area contributed by atoms with Crippen molar-refractivity contribution in [2.45, 2.75) is 39.5 Å². The highest BCUT2D eigenvalue weighted by Gasteiger charge is 2.25. The maximum atomic E-state index is 12.1. The molecule has 1 aromatic rings. The lowest BCUT2D eigenvalue weighted by Gasteiger charge is -2.35. The number of urea groups is 1. The van der Waals surface area contributed by atoms with Crippen LogP contribution in [0.3, 0.4) is 0 Å². The molecule has 0 saturated carbocycles. The van der Waals surface area contributed by atoms with Crippen LogP contribution >= 0.6 is 0 Å². The second-order valence-corrected chi connectivity index (χ2v) is 5.31. The van der Waals surface area contributed by atoms with E-state index in [9.17, 15) is 4.79 Å². The lowest BCUT2D eigenvalue weighted by molar-refractivity contribution is -0.0545. The average Bonchev–Trinajstić information content (AvgIpc) is 2.36. The number of hydrogen-bond acceptors (Lipinski definition) is 2. The summed E-state index contributed by atoms with van der Waals surface area (Å²) in [5.74, 6) is 0. The summed E-state index contributed by atoms with van der Waals surface area (Å²) in [6.07, 6.45) is 0.211. The predicted octanol–water partition coefficient (Wildman–Crippen LogP) is 2.31. The fourth-order valence-corrected chi connectivity index (χ4v) is 2.34. The van der Waals surface area contributed by atoms with Gasteiger partial charge in [0.05, 0.1) is 12.2 Å². The molecule has 104 valence electrons. The molecule has 1 saturated heterocycles. The van der Waals surface area contributed by atoms with Crippen LogP contribution in [0.25, 0.3) is 0 Å². The Morgan fingerprint density at radius 3 is 2.42 bits per heavy atom. The van der Waals surface area contributed by atoms with Gasteiger partial charge in [-0.05, 0) is 26.3 Å². The van der Waals surface area contributed by atoms with Gasteiger partial charge in [0.25, 0.3) is 0 Å². The van der Waals surface area contributed by atoms with Crippen LogP contribution in [0, 0.1) is 6.92 Å². The van der Waals surface area contributed by atoms with E-state index >= 15 is 0 Å². The minimum atomic E-state index is -0.0115. The summed E-state index contributed by atoms with van der Waals surface area (Å²) in [7, 11) is 0. The Kier molecular flexibility index (Phi) is 4.43. The summed E-state index contributed by atoms with van der Waals surface area (Å²) >= 11 is 0. The third kappa shape index (κ3) is 3.96. The molecule has 0 bridgehead atoms. The first-order chi connectivity index (χ1) is 9.04. The van der Waals surface area contributed by atoms with Gasteiger partial charge in [-0.15, -0.1) is 0 Å². The van der Waals surface area contributed by atoms with Gasteiger partial charge in [0.2, 0.25) is 0 Å². The summed E-state index contributed by atoms with van der Waals surface area (Å²) in [6, 6.07) is 8.18. The number of nitrogens with one attached hydrogen (secondary N) is 1. The van der Waals surface area contributed by atoms with Crippen LogP contribution in [0.2, 0.25) is 0 Å². The first kappa shape index (κ1) is 13.9. The molecule has 1 N–H and O–H groups in total. The van der Waals surface area contributed by atoms with Crippen LogP contribution in [0.1, 0.15) is 25.0 Å². The molecule has 0 aromatic heterocycles. The van der Waals surface area contributed by atoms with Gasteiger partial charge in [0, 0.05) is 19.6 Å². The summed E-state index contributed by atoms with van der Waals surface area (Å²) in [5, 5.41) is 2.96. The Morgan fingerprint density at radius 1 is 1.26 bits per heavy atom. The van der Waals surface area contributed by atoms with Gasteiger partial charge in [0.1, 0.15) is 0 Å². The minimum Gasteiger partial charge on any atom is -0.372 e. The van der Waals surface area contributed by atoms with Crippen LogP contribution < -0.4 is 5.32 Å². The largest absolute Gasteiger partial charge is 0.372 e. The maximum absolute atomic E-state index is 12.1. The number of benzene rings is 1. The first-order valence-corrected chi connectivity index (χ1v) is 6.78. The Bertz CT molecular complexity index is 420. The fraction of sp³-hybridized carbons (Fsp3) is 0.533. The fourth-order valence-electron chi connectivity index (χ4n) is 2.34. The molecule has 4 heteroatoms. The van der Waals surface area contributed by atoms with Gasteiger partial charge >= 0.3 is 6.03 Å². The lowest BCUT2D eigenvalue weighted by atomic mass is 10.1. The van der Waals surface area contributed by atoms with Crippen molar-refractivity contribution in [1.29, 1.82) is 0 Å². The number of carbonyl (C=O) groups excluding carboxylic acids is 1. The van der Waals surface area contributed by atoms with Gasteiger partial charge in [-0.2, -0.15) is 0 Å². The minimum absolute atomic E-state index is 0.0115. The number of aryl methyl sites for hydroxylation is 1. The zero-order valence-electron chi connectivity index (χ0n) is 11.8. The van der Waals surface area contributed by atoms with E-state index in [-0.39, 0.29) is 18.2 Å². The quantitative estimate of drug-likeness (QED) is 0.888. The van der Waals surface area contributed by atoms with Crippen molar-refractivity contribution in [3.05, 3.63) is 35.4 Å². The third-order valence-electron chi connectivity index (χ3n) is 3.27. The molecule has 0 unspecified atom stereocenters. The molecule has 2 amide bonds. The molecule has 2 rings (SSSR count). The average molecular weight is 262 g/mol. The Labute approximate surface area is 114 Å². The number of hydrogen-bond donors (Lipinski definition) is 1. The van der Waals surface area contributed by atoms with Crippen molar-refractivity contribution < 1.29 is 9.53 Å². The molecule has 1 aliphatic heterocycles. The smallest absolute Gasteiger partial charge is 0.317 e. The molecule has 0 spiro atoms. The molecule has 1 aromatic carbocycles. The zero-order chi connectivity index (χ0) is 13.8. The van der Waals surface area contributed by atoms with Gasteiger partial charge in [-0.25, -0.2) is 4.79 Å². The number of rotatable bonds is 2. The van der Waals surface area contributed by atoms with Gasteiger partial charge < -0.3 is 15.0 Å². The van der Waals surface area contributed by atoms with E-state index in [0.717, 1.165) is 5.56 Å². The van der Waals surface area contributed by atoms with Crippen molar-refractivity contribution in [3.63, 3.8) is 0 Å². The molecule has 0 radical (unpaired) electrons. The van der Waals surface area contributed by atoms with E-state index in [2.05, 4.69) is 24.4 Å². The maximum Gasteiger partial charge on any atom is 0.317 e. The SMILES string of the molecule is Cc1ccc(CNC(=O)N2C[C@H](C)O[C@@H](C)C2)cc1. The van der Waals surface area contributed by atoms with Crippen LogP contribution in [-0.4, -0.2) is 36.2 Å². The summed E-state index contributed by atoms with van der Waals surface area (Å²) in [6.45, 7) is 7.93. The Hall–Kier alpha value is -1.55. The van der Waals surface area contributed by atoms with E-state index in [0.29, 0.717) is 19.6 Å². The molecule has 4 nitrogen and oxygen atoms in total. The lowest BCUT2D eigenvalue weighted by Crippen LogP contribution is -2.51. The number of carbonyl (C=O) groups is 1. The Morgan fingerprint density at radius 2 is 1.84 bits per heavy atom. The van der Waals surface area contributed by atoms with E-state index in [1.807, 2.05) is 30.9 Å². The van der Waals surface area contributed by atoms with Crippen molar-refractivity contribution >= 4 is 6.03 Å². The van der Waals surface area contributed by atoms with E-state index in [1.165, 1.54) is 5.56 Å². The summed E-state index contributed by atoms with van der Waals surface area (Å²) < 4.78 is 5.62. The second-order valence-electron chi connectivity index (χ2n) is 5.31. The zero-order valence-corrected chi connectivity index (χ0v) is 11.8. The molecular formula is C15H22N2O2. The highest BCUT2D eigenvalue weighted by molar-refractivity contribution is 5.74. The summed E-state index contributed by atoms with van der Waals surface area (Å²) in [4.78, 5) is 13.9. The second kappa shape index (κ2) is 6.06. The van der Waals surface area contributed by atoms with Crippen molar-refractivity contribution in [1.82, 2.24) is 10.2 Å². The van der Waals surface area contributed by atoms with Gasteiger partial charge in [-0.3, -0.25) is 0 Å². The highest BCUT2D eigenvalue weighted by Crippen LogP contribution is 2.11. The molecule has 2 atom stereocenters. The highest BCUT2D eigenvalue weighted by atomic mass is 16.5. The number of morpholine rings is 1. The van der Waals surface area contributed by atoms with Crippen LogP contribution in [0.15, 0.2) is 24.3 Å². The van der Waals surface area contributed by atoms with Crippen LogP contribution in [0.5, 0.6) is 0 Å². The van der Waals surface area contributed by atoms with Gasteiger partial charge in [0.15, 0.2) is 0 Å². The normalized spacial score (nSPS) is 23.2. The third-order valence-corrected chi connectivity index (χ3v) is 3.27. The molecule has 0 aliphatic carbocycles. The topological polar surface area (TPSA) is 41.6 Å². The standard InChI is InChI=1S/C15H22N2O2/c1-11-4-6-14(7-5-11)8-16-15(18)17-9-12(2)19-13(3)10-17/h4-7,12-13H,8-10H2,1-3H3,(H,16,18)/t12-,13-/m0/s1. The van der Waals surface area contributed by atoms with Crippen molar-refractivity contribution in [2.24, 2.45) is 0 Å². The molecular weight excluding hydrogens is 240 g/mol. The number of amides is 2. The van der Waals surface area contributed by atoms with Crippen molar-refractivity contribution in [3.8, 4) is 0 Å². The van der Waals surface area contributed by atoms with E-state index < -0.39 is 0 Å². The molecule has 1 aliphatic rings. The van der Waals surface area contributed by atoms with Crippen molar-refractivity contribution in [2.75, 3.05) is 13.1 Å². The van der Waals surface area contributed by atoms with E-state index in [4.69, 9.17) is 4.74 Å².